The quantitative estimate of drug-likeness (QED) is 0.482. The van der Waals surface area contributed by atoms with Gasteiger partial charge in [0.2, 0.25) is 0 Å². The van der Waals surface area contributed by atoms with Gasteiger partial charge in [-0.1, -0.05) is 17.4 Å². The molecule has 0 saturated heterocycles. The van der Waals surface area contributed by atoms with Gasteiger partial charge in [-0.25, -0.2) is 9.67 Å². The molecule has 0 saturated carbocycles. The van der Waals surface area contributed by atoms with Crippen molar-refractivity contribution < 1.29 is 9.53 Å². The van der Waals surface area contributed by atoms with E-state index in [1.54, 1.807) is 19.9 Å². The molecule has 0 fully saturated rings. The number of thiazole rings is 1. The molecule has 0 atom stereocenters. The Morgan fingerprint density at radius 3 is 2.80 bits per heavy atom. The van der Waals surface area contributed by atoms with E-state index in [1.165, 1.54) is 33.4 Å². The highest BCUT2D eigenvalue weighted by Gasteiger charge is 2.33. The van der Waals surface area contributed by atoms with Gasteiger partial charge in [-0.3, -0.25) is 14.9 Å². The molecular weight excluding hydrogens is 420 g/mol. The molecule has 30 heavy (non-hydrogen) atoms. The molecule has 9 heteroatoms. The van der Waals surface area contributed by atoms with E-state index < -0.39 is 5.54 Å². The number of nitrogens with zero attached hydrogens (tertiary/aromatic N) is 3. The normalized spacial score (nSPS) is 11.6. The number of fused-ring (bicyclic) bond motifs is 1. The molecule has 0 aliphatic carbocycles. The van der Waals surface area contributed by atoms with Crippen molar-refractivity contribution in [3.8, 4) is 16.3 Å². The highest BCUT2D eigenvalue weighted by molar-refractivity contribution is 7.22. The summed E-state index contributed by atoms with van der Waals surface area (Å²) in [4.78, 5) is 30.9. The maximum Gasteiger partial charge on any atom is 0.267 e. The van der Waals surface area contributed by atoms with Crippen molar-refractivity contribution in [2.75, 3.05) is 11.9 Å². The average Bonchev–Trinajstić information content (AvgIpc) is 3.37. The monoisotopic (exact) mass is 440 g/mol. The summed E-state index contributed by atoms with van der Waals surface area (Å²) in [5.41, 5.74) is -0.139. The van der Waals surface area contributed by atoms with Crippen LogP contribution in [0.15, 0.2) is 52.6 Å². The van der Waals surface area contributed by atoms with Gasteiger partial charge in [0.15, 0.2) is 5.13 Å². The fraction of sp³-hybridized carbons (Fsp3) is 0.238. The molecule has 0 spiro atoms. The fourth-order valence-corrected chi connectivity index (χ4v) is 4.51. The average molecular weight is 441 g/mol. The molecule has 1 N–H and O–H groups in total. The Kier molecular flexibility index (Phi) is 5.40. The fourth-order valence-electron chi connectivity index (χ4n) is 2.93. The molecule has 3 heterocycles. The predicted molar refractivity (Wildman–Crippen MR) is 121 cm³/mol. The van der Waals surface area contributed by atoms with Crippen LogP contribution in [-0.2, 0) is 10.3 Å². The Morgan fingerprint density at radius 1 is 1.23 bits per heavy atom. The van der Waals surface area contributed by atoms with E-state index in [4.69, 9.17) is 4.74 Å². The van der Waals surface area contributed by atoms with Gasteiger partial charge in [0, 0.05) is 6.07 Å². The van der Waals surface area contributed by atoms with Crippen molar-refractivity contribution in [3.05, 3.63) is 58.2 Å². The van der Waals surface area contributed by atoms with E-state index in [0.29, 0.717) is 17.4 Å². The second kappa shape index (κ2) is 8.00. The molecule has 0 unspecified atom stereocenters. The molecule has 7 nitrogen and oxygen atoms in total. The number of rotatable bonds is 6. The summed E-state index contributed by atoms with van der Waals surface area (Å²) >= 11 is 2.88. The first-order chi connectivity index (χ1) is 14.4. The van der Waals surface area contributed by atoms with Crippen molar-refractivity contribution in [3.63, 3.8) is 0 Å². The van der Waals surface area contributed by atoms with E-state index in [2.05, 4.69) is 15.4 Å². The Hall–Kier alpha value is -3.04. The number of hydrogen-bond acceptors (Lipinski definition) is 7. The highest BCUT2D eigenvalue weighted by atomic mass is 32.1. The lowest BCUT2D eigenvalue weighted by Gasteiger charge is -2.24. The Labute approximate surface area is 181 Å². The van der Waals surface area contributed by atoms with E-state index in [0.717, 1.165) is 20.8 Å². The van der Waals surface area contributed by atoms with Crippen molar-refractivity contribution in [1.29, 1.82) is 0 Å². The Morgan fingerprint density at radius 2 is 2.07 bits per heavy atom. The minimum atomic E-state index is -1.21. The number of benzene rings is 1. The third kappa shape index (κ3) is 3.86. The van der Waals surface area contributed by atoms with Crippen LogP contribution in [-0.4, -0.2) is 27.3 Å². The molecule has 0 bridgehead atoms. The first-order valence-electron chi connectivity index (χ1n) is 9.38. The zero-order valence-electron chi connectivity index (χ0n) is 16.7. The lowest BCUT2D eigenvalue weighted by atomic mass is 10.1. The third-order valence-electron chi connectivity index (χ3n) is 4.55. The van der Waals surface area contributed by atoms with Crippen LogP contribution >= 0.6 is 22.7 Å². The molecule has 4 aromatic rings. The molecule has 1 aromatic carbocycles. The van der Waals surface area contributed by atoms with Crippen LogP contribution in [0.25, 0.3) is 20.8 Å². The van der Waals surface area contributed by atoms with E-state index in [1.807, 2.05) is 42.6 Å². The van der Waals surface area contributed by atoms with Gasteiger partial charge in [0.05, 0.1) is 21.7 Å². The number of carbonyl (C=O) groups excluding carboxylic acids is 1. The number of hydrogen-bond donors (Lipinski definition) is 1. The smallest absolute Gasteiger partial charge is 0.267 e. The largest absolute Gasteiger partial charge is 0.494 e. The summed E-state index contributed by atoms with van der Waals surface area (Å²) in [6, 6.07) is 12.5. The highest BCUT2D eigenvalue weighted by Crippen LogP contribution is 2.30. The van der Waals surface area contributed by atoms with Gasteiger partial charge in [-0.15, -0.1) is 11.3 Å². The number of carbonyl (C=O) groups is 1. The topological polar surface area (TPSA) is 86.1 Å². The Balaban J connectivity index is 1.62. The van der Waals surface area contributed by atoms with Crippen LogP contribution in [0.3, 0.4) is 0 Å². The zero-order valence-corrected chi connectivity index (χ0v) is 18.3. The van der Waals surface area contributed by atoms with Gasteiger partial charge >= 0.3 is 0 Å². The zero-order chi connectivity index (χ0) is 21.3. The Bertz CT molecular complexity index is 1260. The van der Waals surface area contributed by atoms with Gasteiger partial charge in [0.1, 0.15) is 17.0 Å². The van der Waals surface area contributed by atoms with Gasteiger partial charge in [0.25, 0.3) is 11.5 Å². The summed E-state index contributed by atoms with van der Waals surface area (Å²) < 4.78 is 7.64. The standard InChI is InChI=1S/C21H20N4O3S2/c1-4-28-13-7-8-14-17(12-13)30-20(22-14)23-19(27)21(2,3)25-18(26)10-9-15(24-25)16-6-5-11-29-16/h5-12H,4H2,1-3H3,(H,22,23,27). The van der Waals surface area contributed by atoms with Crippen LogP contribution in [0.2, 0.25) is 0 Å². The number of thiophene rings is 1. The van der Waals surface area contributed by atoms with E-state index >= 15 is 0 Å². The van der Waals surface area contributed by atoms with Gasteiger partial charge < -0.3 is 4.74 Å². The second-order valence-corrected chi connectivity index (χ2v) is 9.02. The number of anilines is 1. The molecule has 0 radical (unpaired) electrons. The summed E-state index contributed by atoms with van der Waals surface area (Å²) in [6.07, 6.45) is 0. The summed E-state index contributed by atoms with van der Waals surface area (Å²) in [7, 11) is 0. The minimum absolute atomic E-state index is 0.346. The van der Waals surface area contributed by atoms with Crippen LogP contribution in [0.1, 0.15) is 20.8 Å². The SMILES string of the molecule is CCOc1ccc2nc(NC(=O)C(C)(C)n3nc(-c4cccs4)ccc3=O)sc2c1. The van der Waals surface area contributed by atoms with Crippen LogP contribution in [0, 0.1) is 0 Å². The molecular formula is C21H20N4O3S2. The second-order valence-electron chi connectivity index (χ2n) is 7.04. The summed E-state index contributed by atoms with van der Waals surface area (Å²) in [5.74, 6) is 0.387. The first-order valence-corrected chi connectivity index (χ1v) is 11.1. The van der Waals surface area contributed by atoms with E-state index in [9.17, 15) is 9.59 Å². The number of aromatic nitrogens is 3. The van der Waals surface area contributed by atoms with E-state index in [-0.39, 0.29) is 11.5 Å². The van der Waals surface area contributed by atoms with Crippen LogP contribution in [0.4, 0.5) is 5.13 Å². The van der Waals surface area contributed by atoms with Crippen molar-refractivity contribution in [2.24, 2.45) is 0 Å². The number of ether oxygens (including phenoxy) is 1. The first kappa shape index (κ1) is 20.2. The van der Waals surface area contributed by atoms with Gasteiger partial charge in [-0.2, -0.15) is 5.10 Å². The molecule has 0 aliphatic rings. The summed E-state index contributed by atoms with van der Waals surface area (Å²) in [5, 5.41) is 9.67. The van der Waals surface area contributed by atoms with Gasteiger partial charge in [-0.05, 0) is 56.5 Å². The maximum absolute atomic E-state index is 13.1. The maximum atomic E-state index is 13.1. The lowest BCUT2D eigenvalue weighted by Crippen LogP contribution is -2.47. The molecule has 0 aliphatic heterocycles. The van der Waals surface area contributed by atoms with Crippen molar-refractivity contribution in [1.82, 2.24) is 14.8 Å². The number of amides is 1. The predicted octanol–water partition coefficient (Wildman–Crippen LogP) is 4.35. The minimum Gasteiger partial charge on any atom is -0.494 e. The van der Waals surface area contributed by atoms with Crippen LogP contribution < -0.4 is 15.6 Å². The van der Waals surface area contributed by atoms with Crippen molar-refractivity contribution >= 4 is 43.9 Å². The number of nitrogens with one attached hydrogen (secondary N) is 1. The lowest BCUT2D eigenvalue weighted by molar-refractivity contribution is -0.123. The molecule has 1 amide bonds. The summed E-state index contributed by atoms with van der Waals surface area (Å²) in [6.45, 7) is 5.83. The molecule has 3 aromatic heterocycles. The molecule has 154 valence electrons. The third-order valence-corrected chi connectivity index (χ3v) is 6.38. The van der Waals surface area contributed by atoms with Crippen LogP contribution in [0.5, 0.6) is 5.75 Å². The molecule has 4 rings (SSSR count). The van der Waals surface area contributed by atoms with Crippen molar-refractivity contribution in [2.45, 2.75) is 26.3 Å².